The number of hydrogen-bond donors (Lipinski definition) is 3. The van der Waals surface area contributed by atoms with E-state index in [0.717, 1.165) is 22.8 Å². The Balaban J connectivity index is 1.82. The SMILES string of the molecule is N#CC1=C(N)Oc2c(c(Nc3ccccc3)nc3c(=O)[nH]sc23)[C@H]1c1ccc(Cl)cc1. The number of nitrogens with two attached hydrogens (primary N) is 1. The minimum absolute atomic E-state index is 0.00559. The van der Waals surface area contributed by atoms with Crippen molar-refractivity contribution in [3.8, 4) is 11.8 Å². The number of H-pyrrole nitrogens is 1. The third kappa shape index (κ3) is 3.20. The molecule has 5 rings (SSSR count). The zero-order valence-electron chi connectivity index (χ0n) is 15.8. The van der Waals surface area contributed by atoms with E-state index in [4.69, 9.17) is 22.1 Å². The van der Waals surface area contributed by atoms with Crippen LogP contribution < -0.4 is 21.3 Å². The zero-order chi connectivity index (χ0) is 21.5. The molecule has 1 atom stereocenters. The average molecular weight is 448 g/mol. The van der Waals surface area contributed by atoms with Crippen LogP contribution in [0, 0.1) is 11.3 Å². The number of allylic oxidation sites excluding steroid dienone is 1. The lowest BCUT2D eigenvalue weighted by Gasteiger charge is -2.28. The number of nitriles is 1. The Labute approximate surface area is 185 Å². The van der Waals surface area contributed by atoms with Gasteiger partial charge in [0.2, 0.25) is 5.88 Å². The van der Waals surface area contributed by atoms with Crippen LogP contribution in [0.25, 0.3) is 10.2 Å². The maximum atomic E-state index is 12.4. The van der Waals surface area contributed by atoms with Gasteiger partial charge in [-0.2, -0.15) is 5.26 Å². The van der Waals surface area contributed by atoms with Crippen LogP contribution in [0.4, 0.5) is 11.5 Å². The van der Waals surface area contributed by atoms with E-state index in [1.807, 2.05) is 42.5 Å². The van der Waals surface area contributed by atoms with Gasteiger partial charge in [-0.3, -0.25) is 9.17 Å². The number of benzene rings is 2. The summed E-state index contributed by atoms with van der Waals surface area (Å²) in [6.45, 7) is 0. The molecular weight excluding hydrogens is 434 g/mol. The first-order valence-corrected chi connectivity index (χ1v) is 10.5. The minimum Gasteiger partial charge on any atom is -0.438 e. The lowest BCUT2D eigenvalue weighted by molar-refractivity contribution is 0.399. The maximum absolute atomic E-state index is 12.4. The fraction of sp³-hybridized carbons (Fsp3) is 0.0455. The summed E-state index contributed by atoms with van der Waals surface area (Å²) in [5, 5.41) is 13.7. The second-order valence-electron chi connectivity index (χ2n) is 6.88. The highest BCUT2D eigenvalue weighted by molar-refractivity contribution is 7.13. The van der Waals surface area contributed by atoms with Crippen molar-refractivity contribution in [2.75, 3.05) is 5.32 Å². The van der Waals surface area contributed by atoms with Gasteiger partial charge >= 0.3 is 0 Å². The molecule has 0 amide bonds. The largest absolute Gasteiger partial charge is 0.438 e. The Bertz CT molecular complexity index is 1440. The number of para-hydroxylation sites is 1. The van der Waals surface area contributed by atoms with Gasteiger partial charge in [-0.25, -0.2) is 4.98 Å². The summed E-state index contributed by atoms with van der Waals surface area (Å²) in [5.74, 6) is 0.265. The lowest BCUT2D eigenvalue weighted by Crippen LogP contribution is -2.23. The summed E-state index contributed by atoms with van der Waals surface area (Å²) in [6, 6.07) is 18.8. The van der Waals surface area contributed by atoms with E-state index in [9.17, 15) is 10.1 Å². The van der Waals surface area contributed by atoms with Crippen LogP contribution >= 0.6 is 23.1 Å². The van der Waals surface area contributed by atoms with Gasteiger partial charge in [0.1, 0.15) is 22.2 Å². The predicted octanol–water partition coefficient (Wildman–Crippen LogP) is 4.60. The fourth-order valence-electron chi connectivity index (χ4n) is 3.64. The van der Waals surface area contributed by atoms with Crippen LogP contribution in [0.1, 0.15) is 17.0 Å². The number of halogens is 1. The first kappa shape index (κ1) is 19.2. The molecule has 0 saturated carbocycles. The number of aromatic amines is 1. The highest BCUT2D eigenvalue weighted by Gasteiger charge is 2.36. The van der Waals surface area contributed by atoms with Crippen molar-refractivity contribution < 1.29 is 4.74 Å². The highest BCUT2D eigenvalue weighted by atomic mass is 35.5. The molecule has 3 heterocycles. The molecule has 9 heteroatoms. The van der Waals surface area contributed by atoms with Crippen molar-refractivity contribution in [1.29, 1.82) is 5.26 Å². The van der Waals surface area contributed by atoms with E-state index in [-0.39, 0.29) is 22.5 Å². The van der Waals surface area contributed by atoms with Crippen molar-refractivity contribution >= 4 is 44.9 Å². The van der Waals surface area contributed by atoms with Gasteiger partial charge in [0.25, 0.3) is 5.56 Å². The Morgan fingerprint density at radius 1 is 1.19 bits per heavy atom. The molecule has 0 spiro atoms. The molecule has 2 aromatic heterocycles. The van der Waals surface area contributed by atoms with E-state index < -0.39 is 5.92 Å². The number of rotatable bonds is 3. The van der Waals surface area contributed by atoms with E-state index in [0.29, 0.717) is 26.9 Å². The number of pyridine rings is 1. The Hall–Kier alpha value is -3.80. The van der Waals surface area contributed by atoms with E-state index in [1.54, 1.807) is 12.1 Å². The third-order valence-electron chi connectivity index (χ3n) is 5.02. The van der Waals surface area contributed by atoms with Crippen molar-refractivity contribution in [1.82, 2.24) is 9.36 Å². The number of nitrogens with zero attached hydrogens (tertiary/aromatic N) is 2. The van der Waals surface area contributed by atoms with Gasteiger partial charge < -0.3 is 15.8 Å². The summed E-state index contributed by atoms with van der Waals surface area (Å²) in [6.07, 6.45) is 0. The van der Waals surface area contributed by atoms with E-state index in [1.165, 1.54) is 0 Å². The molecule has 0 saturated heterocycles. The maximum Gasteiger partial charge on any atom is 0.284 e. The molecule has 1 aliphatic rings. The number of hydrogen-bond acceptors (Lipinski definition) is 7. The average Bonchev–Trinajstić information content (AvgIpc) is 3.15. The molecule has 0 radical (unpaired) electrons. The minimum atomic E-state index is -0.550. The van der Waals surface area contributed by atoms with E-state index in [2.05, 4.69) is 20.7 Å². The highest BCUT2D eigenvalue weighted by Crippen LogP contribution is 2.49. The molecule has 1 aliphatic heterocycles. The molecule has 4 N–H and O–H groups in total. The topological polar surface area (TPSA) is 117 Å². The zero-order valence-corrected chi connectivity index (χ0v) is 17.4. The summed E-state index contributed by atoms with van der Waals surface area (Å²) in [4.78, 5) is 17.0. The molecule has 0 unspecified atom stereocenters. The van der Waals surface area contributed by atoms with E-state index >= 15 is 0 Å². The Kier molecular flexibility index (Phi) is 4.62. The van der Waals surface area contributed by atoms with Crippen LogP contribution in [0.5, 0.6) is 5.75 Å². The van der Waals surface area contributed by atoms with Crippen molar-refractivity contribution in [2.24, 2.45) is 5.73 Å². The van der Waals surface area contributed by atoms with Gasteiger partial charge in [0.15, 0.2) is 11.3 Å². The number of ether oxygens (including phenoxy) is 1. The second kappa shape index (κ2) is 7.47. The van der Waals surface area contributed by atoms with Crippen molar-refractivity contribution in [3.63, 3.8) is 0 Å². The number of fused-ring (bicyclic) bond motifs is 3. The van der Waals surface area contributed by atoms with Gasteiger partial charge in [0.05, 0.1) is 11.5 Å². The Morgan fingerprint density at radius 3 is 2.65 bits per heavy atom. The third-order valence-corrected chi connectivity index (χ3v) is 6.14. The second-order valence-corrected chi connectivity index (χ2v) is 8.13. The fourth-order valence-corrected chi connectivity index (χ4v) is 4.53. The van der Waals surface area contributed by atoms with Crippen LogP contribution in [0.15, 0.2) is 70.8 Å². The first-order chi connectivity index (χ1) is 15.1. The molecule has 0 bridgehead atoms. The number of anilines is 2. The van der Waals surface area contributed by atoms with Gasteiger partial charge in [-0.15, -0.1) is 0 Å². The molecule has 7 nitrogen and oxygen atoms in total. The molecule has 152 valence electrons. The summed E-state index contributed by atoms with van der Waals surface area (Å²) < 4.78 is 9.13. The van der Waals surface area contributed by atoms with Gasteiger partial charge in [-0.05, 0) is 29.8 Å². The molecule has 4 aromatic rings. The first-order valence-electron chi connectivity index (χ1n) is 9.27. The van der Waals surface area contributed by atoms with Gasteiger partial charge in [-0.1, -0.05) is 53.5 Å². The normalized spacial score (nSPS) is 15.3. The monoisotopic (exact) mass is 447 g/mol. The molecule has 2 aromatic carbocycles. The van der Waals surface area contributed by atoms with Crippen molar-refractivity contribution in [3.05, 3.63) is 92.6 Å². The molecular formula is C22H14ClN5O2S. The smallest absolute Gasteiger partial charge is 0.284 e. The van der Waals surface area contributed by atoms with Crippen LogP contribution in [0.2, 0.25) is 5.02 Å². The standard InChI is InChI=1S/C22H14ClN5O2S/c23-12-8-6-11(7-9-12)15-14(10-24)20(25)30-18-16(15)21(26-13-4-2-1-3-5-13)27-17-19(18)31-28-22(17)29/h1-9,15H,25H2,(H,26,27)(H,28,29)/t15-/m0/s1. The van der Waals surface area contributed by atoms with Crippen LogP contribution in [-0.2, 0) is 0 Å². The summed E-state index contributed by atoms with van der Waals surface area (Å²) in [7, 11) is 0. The van der Waals surface area contributed by atoms with Crippen molar-refractivity contribution in [2.45, 2.75) is 5.92 Å². The molecule has 0 aliphatic carbocycles. The number of aromatic nitrogens is 2. The predicted molar refractivity (Wildman–Crippen MR) is 121 cm³/mol. The number of nitrogens with one attached hydrogen (secondary N) is 2. The van der Waals surface area contributed by atoms with Crippen LogP contribution in [-0.4, -0.2) is 9.36 Å². The molecule has 0 fully saturated rings. The lowest BCUT2D eigenvalue weighted by atomic mass is 9.83. The van der Waals surface area contributed by atoms with Gasteiger partial charge in [0, 0.05) is 10.7 Å². The Morgan fingerprint density at radius 2 is 1.94 bits per heavy atom. The summed E-state index contributed by atoms with van der Waals surface area (Å²) in [5.41, 5.74) is 8.53. The summed E-state index contributed by atoms with van der Waals surface area (Å²) >= 11 is 7.20. The van der Waals surface area contributed by atoms with Crippen LogP contribution in [0.3, 0.4) is 0 Å². The molecule has 31 heavy (non-hydrogen) atoms. The quantitative estimate of drug-likeness (QED) is 0.422.